The van der Waals surface area contributed by atoms with Gasteiger partial charge in [-0.3, -0.25) is 4.79 Å². The van der Waals surface area contributed by atoms with Crippen LogP contribution in [0, 0.1) is 0 Å². The van der Waals surface area contributed by atoms with Gasteiger partial charge >= 0.3 is 0 Å². The number of hydrogen-bond acceptors (Lipinski definition) is 6. The molecule has 0 saturated carbocycles. The minimum atomic E-state index is -1.05. The zero-order valence-electron chi connectivity index (χ0n) is 14.2. The van der Waals surface area contributed by atoms with Crippen LogP contribution in [0.3, 0.4) is 0 Å². The van der Waals surface area contributed by atoms with Crippen molar-refractivity contribution >= 4 is 45.0 Å². The number of hydrogen-bond donors (Lipinski definition) is 4. The van der Waals surface area contributed by atoms with E-state index in [1.165, 1.54) is 0 Å². The van der Waals surface area contributed by atoms with Crippen molar-refractivity contribution in [1.29, 1.82) is 0 Å². The third kappa shape index (κ3) is 5.48. The summed E-state index contributed by atoms with van der Waals surface area (Å²) in [6, 6.07) is 6.81. The molecule has 2 heterocycles. The van der Waals surface area contributed by atoms with Crippen molar-refractivity contribution < 1.29 is 9.18 Å². The molecule has 0 fully saturated rings. The molecule has 0 radical (unpaired) electrons. The average Bonchev–Trinajstić information content (AvgIpc) is 3.19. The number of H-pyrrole nitrogens is 1. The lowest BCUT2D eigenvalue weighted by Crippen LogP contribution is -2.12. The SMILES string of the molecule is O=C(CF)Nc1ccc(Nc2ncc(Br)c(NCCc3cnc[nH]3)n2)cc1. The fourth-order valence-electron chi connectivity index (χ4n) is 2.25. The lowest BCUT2D eigenvalue weighted by molar-refractivity contribution is -0.117. The number of amides is 1. The van der Waals surface area contributed by atoms with Crippen molar-refractivity contribution in [2.75, 3.05) is 29.2 Å². The molecule has 3 rings (SSSR count). The lowest BCUT2D eigenvalue weighted by atomic mass is 10.3. The standard InChI is InChI=1S/C17H17BrFN7O/c18-14-9-22-17(26-16(14)21-6-5-13-8-20-10-23-13)25-12-3-1-11(2-4-12)24-15(27)7-19/h1-4,8-10H,5-7H2,(H,20,23)(H,24,27)(H2,21,22,25,26). The molecule has 0 saturated heterocycles. The van der Waals surface area contributed by atoms with Gasteiger partial charge < -0.3 is 20.9 Å². The molecule has 0 atom stereocenters. The van der Waals surface area contributed by atoms with E-state index in [9.17, 15) is 9.18 Å². The molecule has 4 N–H and O–H groups in total. The molecular formula is C17H17BrFN7O. The van der Waals surface area contributed by atoms with E-state index >= 15 is 0 Å². The van der Waals surface area contributed by atoms with Crippen LogP contribution in [0.4, 0.5) is 27.5 Å². The second kappa shape index (κ2) is 9.08. The Labute approximate surface area is 163 Å². The molecule has 27 heavy (non-hydrogen) atoms. The van der Waals surface area contributed by atoms with Crippen LogP contribution in [0.15, 0.2) is 47.5 Å². The first kappa shape index (κ1) is 18.8. The second-order valence-corrected chi connectivity index (χ2v) is 6.38. The number of alkyl halides is 1. The number of imidazole rings is 1. The number of carbonyl (C=O) groups is 1. The minimum Gasteiger partial charge on any atom is -0.369 e. The van der Waals surface area contributed by atoms with Crippen molar-refractivity contribution in [1.82, 2.24) is 19.9 Å². The van der Waals surface area contributed by atoms with Gasteiger partial charge in [0.05, 0.1) is 10.8 Å². The zero-order valence-corrected chi connectivity index (χ0v) is 15.8. The molecule has 3 aromatic rings. The molecule has 140 valence electrons. The van der Waals surface area contributed by atoms with Gasteiger partial charge in [-0.05, 0) is 40.2 Å². The van der Waals surface area contributed by atoms with Gasteiger partial charge in [0, 0.05) is 42.4 Å². The van der Waals surface area contributed by atoms with E-state index in [1.54, 1.807) is 43.0 Å². The maximum Gasteiger partial charge on any atom is 0.255 e. The largest absolute Gasteiger partial charge is 0.369 e. The third-order valence-electron chi connectivity index (χ3n) is 3.53. The summed E-state index contributed by atoms with van der Waals surface area (Å²) < 4.78 is 13.0. The molecular weight excluding hydrogens is 417 g/mol. The van der Waals surface area contributed by atoms with Gasteiger partial charge in [-0.25, -0.2) is 14.4 Å². The number of nitrogens with one attached hydrogen (secondary N) is 4. The number of rotatable bonds is 8. The summed E-state index contributed by atoms with van der Waals surface area (Å²) in [4.78, 5) is 26.8. The Hall–Kier alpha value is -3.01. The Morgan fingerprint density at radius 2 is 1.96 bits per heavy atom. The summed E-state index contributed by atoms with van der Waals surface area (Å²) in [7, 11) is 0. The van der Waals surface area contributed by atoms with Crippen LogP contribution in [0.2, 0.25) is 0 Å². The van der Waals surface area contributed by atoms with Crippen LogP contribution in [0.5, 0.6) is 0 Å². The smallest absolute Gasteiger partial charge is 0.255 e. The van der Waals surface area contributed by atoms with Crippen molar-refractivity contribution in [3.63, 3.8) is 0 Å². The number of carbonyl (C=O) groups excluding carboxylic acids is 1. The van der Waals surface area contributed by atoms with Gasteiger partial charge in [-0.15, -0.1) is 0 Å². The summed E-state index contributed by atoms with van der Waals surface area (Å²) in [5.41, 5.74) is 2.28. The molecule has 1 amide bonds. The highest BCUT2D eigenvalue weighted by atomic mass is 79.9. The van der Waals surface area contributed by atoms with Gasteiger partial charge in [0.25, 0.3) is 5.91 Å². The molecule has 8 nitrogen and oxygen atoms in total. The monoisotopic (exact) mass is 433 g/mol. The number of benzene rings is 1. The Morgan fingerprint density at radius 3 is 2.67 bits per heavy atom. The Morgan fingerprint density at radius 1 is 1.19 bits per heavy atom. The Kier molecular flexibility index (Phi) is 6.31. The lowest BCUT2D eigenvalue weighted by Gasteiger charge is -2.10. The fourth-order valence-corrected chi connectivity index (χ4v) is 2.58. The number of aromatic nitrogens is 4. The zero-order chi connectivity index (χ0) is 19.1. The Bertz CT molecular complexity index is 887. The third-order valence-corrected chi connectivity index (χ3v) is 4.11. The maximum atomic E-state index is 12.2. The molecule has 10 heteroatoms. The minimum absolute atomic E-state index is 0.419. The maximum absolute atomic E-state index is 12.2. The highest BCUT2D eigenvalue weighted by Gasteiger charge is 2.06. The first-order valence-corrected chi connectivity index (χ1v) is 8.90. The van der Waals surface area contributed by atoms with Crippen molar-refractivity contribution in [3.05, 3.63) is 53.2 Å². The summed E-state index contributed by atoms with van der Waals surface area (Å²) in [6.07, 6.45) is 5.87. The van der Waals surface area contributed by atoms with Gasteiger partial charge in [-0.2, -0.15) is 4.98 Å². The summed E-state index contributed by atoms with van der Waals surface area (Å²) in [5.74, 6) is 0.402. The predicted octanol–water partition coefficient (Wildman–Crippen LogP) is 3.27. The molecule has 0 bridgehead atoms. The highest BCUT2D eigenvalue weighted by molar-refractivity contribution is 9.10. The van der Waals surface area contributed by atoms with Gasteiger partial charge in [0.2, 0.25) is 5.95 Å². The highest BCUT2D eigenvalue weighted by Crippen LogP contribution is 2.22. The first-order valence-electron chi connectivity index (χ1n) is 8.10. The van der Waals surface area contributed by atoms with Crippen molar-refractivity contribution in [3.8, 4) is 0 Å². The quantitative estimate of drug-likeness (QED) is 0.434. The fraction of sp³-hybridized carbons (Fsp3) is 0.176. The number of anilines is 4. The second-order valence-electron chi connectivity index (χ2n) is 5.53. The van der Waals surface area contributed by atoms with Gasteiger partial charge in [0.15, 0.2) is 6.67 Å². The molecule has 1 aromatic carbocycles. The molecule has 2 aromatic heterocycles. The Balaban J connectivity index is 1.60. The van der Waals surface area contributed by atoms with Crippen molar-refractivity contribution in [2.24, 2.45) is 0 Å². The topological polar surface area (TPSA) is 108 Å². The van der Waals surface area contributed by atoms with Crippen LogP contribution in [0.1, 0.15) is 5.69 Å². The number of nitrogens with zero attached hydrogens (tertiary/aromatic N) is 3. The first-order chi connectivity index (χ1) is 13.1. The van der Waals surface area contributed by atoms with Gasteiger partial charge in [0.1, 0.15) is 5.82 Å². The van der Waals surface area contributed by atoms with E-state index in [0.29, 0.717) is 24.0 Å². The van der Waals surface area contributed by atoms with Crippen LogP contribution in [-0.2, 0) is 11.2 Å². The van der Waals surface area contributed by atoms with E-state index < -0.39 is 12.6 Å². The van der Waals surface area contributed by atoms with Crippen LogP contribution in [-0.4, -0.2) is 39.1 Å². The van der Waals surface area contributed by atoms with Crippen molar-refractivity contribution in [2.45, 2.75) is 6.42 Å². The molecule has 0 aliphatic heterocycles. The predicted molar refractivity (Wildman–Crippen MR) is 105 cm³/mol. The van der Waals surface area contributed by atoms with Crippen LogP contribution in [0.25, 0.3) is 0 Å². The summed E-state index contributed by atoms with van der Waals surface area (Å²) >= 11 is 3.43. The molecule has 0 aliphatic rings. The normalized spacial score (nSPS) is 10.4. The molecule has 0 aliphatic carbocycles. The van der Waals surface area contributed by atoms with Crippen LogP contribution >= 0.6 is 15.9 Å². The van der Waals surface area contributed by atoms with E-state index in [-0.39, 0.29) is 0 Å². The summed E-state index contributed by atoms with van der Waals surface area (Å²) in [5, 5.41) is 8.77. The van der Waals surface area contributed by atoms with Gasteiger partial charge in [-0.1, -0.05) is 0 Å². The number of halogens is 2. The van der Waals surface area contributed by atoms with E-state index in [0.717, 1.165) is 22.3 Å². The average molecular weight is 434 g/mol. The molecule has 0 spiro atoms. The summed E-state index contributed by atoms with van der Waals surface area (Å²) in [6.45, 7) is -0.372. The van der Waals surface area contributed by atoms with E-state index in [4.69, 9.17) is 0 Å². The number of aromatic amines is 1. The molecule has 0 unspecified atom stereocenters. The van der Waals surface area contributed by atoms with Crippen LogP contribution < -0.4 is 16.0 Å². The van der Waals surface area contributed by atoms with E-state index in [2.05, 4.69) is 51.8 Å². The van der Waals surface area contributed by atoms with E-state index in [1.807, 2.05) is 0 Å².